The summed E-state index contributed by atoms with van der Waals surface area (Å²) in [6, 6.07) is 8.70. The van der Waals surface area contributed by atoms with E-state index >= 15 is 0 Å². The predicted octanol–water partition coefficient (Wildman–Crippen LogP) is 3.55. The maximum atomic E-state index is 5.78. The maximum absolute atomic E-state index is 5.78. The molecule has 3 heteroatoms. The molecule has 0 radical (unpaired) electrons. The first-order valence-corrected chi connectivity index (χ1v) is 7.73. The second-order valence-corrected chi connectivity index (χ2v) is 6.04. The molecule has 1 aliphatic heterocycles. The minimum atomic E-state index is 0.321. The average molecular weight is 277 g/mol. The van der Waals surface area contributed by atoms with Gasteiger partial charge in [-0.05, 0) is 43.4 Å². The van der Waals surface area contributed by atoms with Gasteiger partial charge in [-0.1, -0.05) is 26.0 Å². The summed E-state index contributed by atoms with van der Waals surface area (Å²) in [7, 11) is 0. The maximum Gasteiger partial charge on any atom is 0.119 e. The number of benzene rings is 1. The fraction of sp³-hybridized carbons (Fsp3) is 0.647. The van der Waals surface area contributed by atoms with Gasteiger partial charge < -0.3 is 14.8 Å². The predicted molar refractivity (Wildman–Crippen MR) is 82.2 cm³/mol. The zero-order chi connectivity index (χ0) is 14.4. The number of rotatable bonds is 7. The molecule has 1 aromatic rings. The lowest BCUT2D eigenvalue weighted by molar-refractivity contribution is 0.108. The van der Waals surface area contributed by atoms with E-state index in [-0.39, 0.29) is 0 Å². The molecule has 1 aliphatic rings. The summed E-state index contributed by atoms with van der Waals surface area (Å²) < 4.78 is 11.4. The van der Waals surface area contributed by atoms with Crippen molar-refractivity contribution in [3.05, 3.63) is 29.8 Å². The molecule has 1 aromatic carbocycles. The second-order valence-electron chi connectivity index (χ2n) is 6.04. The van der Waals surface area contributed by atoms with E-state index in [2.05, 4.69) is 44.3 Å². The molecular formula is C17H27NO2. The first-order valence-electron chi connectivity index (χ1n) is 7.73. The van der Waals surface area contributed by atoms with Gasteiger partial charge in [0, 0.05) is 19.2 Å². The normalized spacial score (nSPS) is 20.3. The summed E-state index contributed by atoms with van der Waals surface area (Å²) in [6.07, 6.45) is 2.76. The zero-order valence-electron chi connectivity index (χ0n) is 12.9. The second kappa shape index (κ2) is 7.65. The molecule has 0 amide bonds. The van der Waals surface area contributed by atoms with Gasteiger partial charge in [0.05, 0.1) is 12.7 Å². The minimum Gasteiger partial charge on any atom is -0.493 e. The van der Waals surface area contributed by atoms with Crippen molar-refractivity contribution in [3.63, 3.8) is 0 Å². The zero-order valence-corrected chi connectivity index (χ0v) is 12.9. The fourth-order valence-corrected chi connectivity index (χ4v) is 2.37. The molecule has 0 saturated carbocycles. The van der Waals surface area contributed by atoms with Crippen LogP contribution < -0.4 is 10.1 Å². The fourth-order valence-electron chi connectivity index (χ4n) is 2.37. The molecule has 20 heavy (non-hydrogen) atoms. The van der Waals surface area contributed by atoms with Gasteiger partial charge in [0.15, 0.2) is 0 Å². The van der Waals surface area contributed by atoms with Crippen LogP contribution >= 0.6 is 0 Å². The van der Waals surface area contributed by atoms with Crippen molar-refractivity contribution < 1.29 is 9.47 Å². The Balaban J connectivity index is 1.84. The highest BCUT2D eigenvalue weighted by atomic mass is 16.5. The Kier molecular flexibility index (Phi) is 5.86. The molecule has 1 heterocycles. The van der Waals surface area contributed by atoms with E-state index in [1.807, 2.05) is 6.07 Å². The average Bonchev–Trinajstić information content (AvgIpc) is 2.96. The van der Waals surface area contributed by atoms with Crippen LogP contribution in [0, 0.1) is 5.92 Å². The van der Waals surface area contributed by atoms with Gasteiger partial charge >= 0.3 is 0 Å². The number of ether oxygens (including phenoxy) is 2. The highest BCUT2D eigenvalue weighted by Crippen LogP contribution is 2.20. The summed E-state index contributed by atoms with van der Waals surface area (Å²) in [5, 5.41) is 3.55. The van der Waals surface area contributed by atoms with Crippen LogP contribution in [0.3, 0.4) is 0 Å². The molecule has 0 spiro atoms. The molecule has 0 unspecified atom stereocenters. The third kappa shape index (κ3) is 4.80. The molecule has 0 bridgehead atoms. The summed E-state index contributed by atoms with van der Waals surface area (Å²) in [5.41, 5.74) is 1.27. The Morgan fingerprint density at radius 1 is 1.35 bits per heavy atom. The van der Waals surface area contributed by atoms with Crippen LogP contribution in [0.15, 0.2) is 24.3 Å². The highest BCUT2D eigenvalue weighted by Gasteiger charge is 2.16. The van der Waals surface area contributed by atoms with Crippen molar-refractivity contribution in [1.29, 1.82) is 0 Å². The van der Waals surface area contributed by atoms with Crippen LogP contribution in [0.2, 0.25) is 0 Å². The smallest absolute Gasteiger partial charge is 0.119 e. The number of hydrogen-bond donors (Lipinski definition) is 1. The third-order valence-electron chi connectivity index (χ3n) is 3.62. The number of hydrogen-bond acceptors (Lipinski definition) is 3. The quantitative estimate of drug-likeness (QED) is 0.826. The molecule has 3 nitrogen and oxygen atoms in total. The molecule has 2 rings (SSSR count). The highest BCUT2D eigenvalue weighted by molar-refractivity contribution is 5.30. The Hall–Kier alpha value is -1.06. The molecule has 1 fully saturated rings. The Bertz CT molecular complexity index is 400. The van der Waals surface area contributed by atoms with Gasteiger partial charge in [-0.15, -0.1) is 0 Å². The molecule has 1 N–H and O–H groups in total. The van der Waals surface area contributed by atoms with E-state index in [0.717, 1.165) is 25.5 Å². The van der Waals surface area contributed by atoms with Crippen LogP contribution in [0.4, 0.5) is 0 Å². The lowest BCUT2D eigenvalue weighted by Gasteiger charge is -2.18. The van der Waals surface area contributed by atoms with Crippen molar-refractivity contribution in [3.8, 4) is 5.75 Å². The lowest BCUT2D eigenvalue weighted by Crippen LogP contribution is -2.28. The van der Waals surface area contributed by atoms with E-state index in [4.69, 9.17) is 9.47 Å². The molecule has 0 aliphatic carbocycles. The topological polar surface area (TPSA) is 30.5 Å². The van der Waals surface area contributed by atoms with Crippen LogP contribution in [0.5, 0.6) is 5.75 Å². The van der Waals surface area contributed by atoms with Gasteiger partial charge in [-0.2, -0.15) is 0 Å². The SMILES string of the molecule is CC(C)COc1cccc([C@@H](C)NC[C@H]2CCCO2)c1. The van der Waals surface area contributed by atoms with Crippen LogP contribution in [-0.2, 0) is 4.74 Å². The van der Waals surface area contributed by atoms with Crippen molar-refractivity contribution in [2.75, 3.05) is 19.8 Å². The largest absolute Gasteiger partial charge is 0.493 e. The molecular weight excluding hydrogens is 250 g/mol. The Morgan fingerprint density at radius 2 is 2.20 bits per heavy atom. The molecule has 2 atom stereocenters. The summed E-state index contributed by atoms with van der Waals surface area (Å²) in [6.45, 7) is 9.13. The Morgan fingerprint density at radius 3 is 2.90 bits per heavy atom. The molecule has 1 saturated heterocycles. The van der Waals surface area contributed by atoms with Crippen LogP contribution in [0.25, 0.3) is 0 Å². The first-order chi connectivity index (χ1) is 9.65. The van der Waals surface area contributed by atoms with Crippen molar-refractivity contribution in [1.82, 2.24) is 5.32 Å². The monoisotopic (exact) mass is 277 g/mol. The van der Waals surface area contributed by atoms with E-state index in [9.17, 15) is 0 Å². The van der Waals surface area contributed by atoms with E-state index in [1.54, 1.807) is 0 Å². The lowest BCUT2D eigenvalue weighted by atomic mass is 10.1. The van der Waals surface area contributed by atoms with Gasteiger partial charge in [-0.25, -0.2) is 0 Å². The third-order valence-corrected chi connectivity index (χ3v) is 3.62. The Labute approximate surface area is 122 Å². The summed E-state index contributed by atoms with van der Waals surface area (Å²) >= 11 is 0. The first kappa shape index (κ1) is 15.3. The van der Waals surface area contributed by atoms with Crippen LogP contribution in [-0.4, -0.2) is 25.9 Å². The van der Waals surface area contributed by atoms with Crippen molar-refractivity contribution in [2.45, 2.75) is 45.8 Å². The van der Waals surface area contributed by atoms with Gasteiger partial charge in [-0.3, -0.25) is 0 Å². The van der Waals surface area contributed by atoms with Gasteiger partial charge in [0.2, 0.25) is 0 Å². The van der Waals surface area contributed by atoms with Crippen molar-refractivity contribution in [2.24, 2.45) is 5.92 Å². The summed E-state index contributed by atoms with van der Waals surface area (Å²) in [4.78, 5) is 0. The molecule has 0 aromatic heterocycles. The number of nitrogens with one attached hydrogen (secondary N) is 1. The molecule has 112 valence electrons. The van der Waals surface area contributed by atoms with Crippen molar-refractivity contribution >= 4 is 0 Å². The summed E-state index contributed by atoms with van der Waals surface area (Å²) in [5.74, 6) is 1.51. The van der Waals surface area contributed by atoms with E-state index in [0.29, 0.717) is 18.1 Å². The standard InChI is InChI=1S/C17H27NO2/c1-13(2)12-20-16-7-4-6-15(10-16)14(3)18-11-17-8-5-9-19-17/h4,6-7,10,13-14,17-18H,5,8-9,11-12H2,1-3H3/t14-,17-/m1/s1. The van der Waals surface area contributed by atoms with E-state index in [1.165, 1.54) is 18.4 Å². The van der Waals surface area contributed by atoms with Crippen LogP contribution in [0.1, 0.15) is 45.2 Å². The van der Waals surface area contributed by atoms with Gasteiger partial charge in [0.1, 0.15) is 5.75 Å². The van der Waals surface area contributed by atoms with Gasteiger partial charge in [0.25, 0.3) is 0 Å². The minimum absolute atomic E-state index is 0.321. The van der Waals surface area contributed by atoms with E-state index < -0.39 is 0 Å².